The van der Waals surface area contributed by atoms with Crippen molar-refractivity contribution in [2.45, 2.75) is 20.8 Å². The van der Waals surface area contributed by atoms with E-state index in [2.05, 4.69) is 0 Å². The Hall–Kier alpha value is -0.610. The van der Waals surface area contributed by atoms with Crippen molar-refractivity contribution >= 4 is 24.2 Å². The number of likely N-dealkylation sites (N-methyl/N-ethyl adjacent to an activating group) is 1. The molecular formula is C9H18ClNO3. The summed E-state index contributed by atoms with van der Waals surface area (Å²) in [7, 11) is 0. The quantitative estimate of drug-likeness (QED) is 0.628. The lowest BCUT2D eigenvalue weighted by Crippen LogP contribution is -2.34. The van der Waals surface area contributed by atoms with Crippen LogP contribution in [0.15, 0.2) is 0 Å². The molecule has 0 aromatic rings. The predicted molar refractivity (Wildman–Crippen MR) is 56.7 cm³/mol. The van der Waals surface area contributed by atoms with Crippen LogP contribution in [0.1, 0.15) is 20.8 Å². The molecule has 84 valence electrons. The summed E-state index contributed by atoms with van der Waals surface area (Å²) >= 11 is 0. The van der Waals surface area contributed by atoms with Gasteiger partial charge in [0.15, 0.2) is 0 Å². The number of hydrogen-bond donors (Lipinski definition) is 0. The summed E-state index contributed by atoms with van der Waals surface area (Å²) in [5, 5.41) is 0. The molecule has 0 aromatic heterocycles. The molecule has 0 unspecified atom stereocenters. The van der Waals surface area contributed by atoms with Crippen LogP contribution >= 0.6 is 12.4 Å². The normalized spacial score (nSPS) is 9.43. The molecule has 0 saturated carbocycles. The van der Waals surface area contributed by atoms with Crippen LogP contribution in [0.3, 0.4) is 0 Å². The lowest BCUT2D eigenvalue weighted by Gasteiger charge is -2.16. The molecule has 0 aliphatic carbocycles. The summed E-state index contributed by atoms with van der Waals surface area (Å²) in [4.78, 5) is 23.5. The minimum absolute atomic E-state index is 0. The number of halogens is 1. The lowest BCUT2D eigenvalue weighted by molar-refractivity contribution is -0.144. The number of rotatable bonds is 6. The van der Waals surface area contributed by atoms with Crippen molar-refractivity contribution in [1.29, 1.82) is 0 Å². The van der Waals surface area contributed by atoms with Crippen LogP contribution in [0.4, 0.5) is 0 Å². The van der Waals surface area contributed by atoms with Gasteiger partial charge in [0.25, 0.3) is 0 Å². The maximum Gasteiger partial charge on any atom is 0.320 e. The zero-order valence-corrected chi connectivity index (χ0v) is 9.73. The number of esters is 1. The molecule has 0 aliphatic rings. The molecule has 0 heterocycles. The Bertz CT molecular complexity index is 185. The molecule has 0 aromatic carbocycles. The van der Waals surface area contributed by atoms with E-state index in [1.54, 1.807) is 11.8 Å². The smallest absolute Gasteiger partial charge is 0.320 e. The van der Waals surface area contributed by atoms with E-state index >= 15 is 0 Å². The Kier molecular flexibility index (Phi) is 10.1. The zero-order valence-electron chi connectivity index (χ0n) is 8.91. The summed E-state index contributed by atoms with van der Waals surface area (Å²) < 4.78 is 4.76. The van der Waals surface area contributed by atoms with Crippen LogP contribution in [-0.2, 0) is 14.3 Å². The highest BCUT2D eigenvalue weighted by atomic mass is 35.5. The van der Waals surface area contributed by atoms with Gasteiger partial charge in [-0.15, -0.1) is 12.4 Å². The second-order valence-corrected chi connectivity index (χ2v) is 2.81. The average molecular weight is 224 g/mol. The Labute approximate surface area is 91.0 Å². The summed E-state index contributed by atoms with van der Waals surface area (Å²) in [6.45, 7) is 6.75. The summed E-state index contributed by atoms with van der Waals surface area (Å²) in [6, 6.07) is 0. The highest BCUT2D eigenvalue weighted by Crippen LogP contribution is 1.90. The number of hydrogen-bond acceptors (Lipinski definition) is 4. The second-order valence-electron chi connectivity index (χ2n) is 2.81. The number of ether oxygens (including phenoxy) is 1. The summed E-state index contributed by atoms with van der Waals surface area (Å²) in [6.07, 6.45) is 0. The molecule has 4 nitrogen and oxygen atoms in total. The van der Waals surface area contributed by atoms with Gasteiger partial charge in [-0.05, 0) is 20.4 Å². The molecule has 5 heteroatoms. The topological polar surface area (TPSA) is 46.6 Å². The van der Waals surface area contributed by atoms with Crippen LogP contribution in [-0.4, -0.2) is 42.9 Å². The molecule has 0 aliphatic heterocycles. The van der Waals surface area contributed by atoms with Gasteiger partial charge >= 0.3 is 5.97 Å². The van der Waals surface area contributed by atoms with E-state index < -0.39 is 0 Å². The largest absolute Gasteiger partial charge is 0.465 e. The minimum atomic E-state index is -0.273. The van der Waals surface area contributed by atoms with E-state index in [9.17, 15) is 9.59 Å². The van der Waals surface area contributed by atoms with Gasteiger partial charge < -0.3 is 4.74 Å². The maximum atomic E-state index is 11.0. The van der Waals surface area contributed by atoms with Crippen LogP contribution in [0.2, 0.25) is 0 Å². The van der Waals surface area contributed by atoms with E-state index in [1.807, 2.05) is 6.92 Å². The highest BCUT2D eigenvalue weighted by Gasteiger charge is 2.10. The predicted octanol–water partition coefficient (Wildman–Crippen LogP) is 0.882. The van der Waals surface area contributed by atoms with E-state index in [-0.39, 0.29) is 30.7 Å². The first-order valence-corrected chi connectivity index (χ1v) is 4.47. The Morgan fingerprint density at radius 2 is 1.79 bits per heavy atom. The fourth-order valence-electron chi connectivity index (χ4n) is 0.984. The van der Waals surface area contributed by atoms with Gasteiger partial charge in [0, 0.05) is 0 Å². The van der Waals surface area contributed by atoms with Crippen molar-refractivity contribution in [3.63, 3.8) is 0 Å². The lowest BCUT2D eigenvalue weighted by atomic mass is 10.4. The Morgan fingerprint density at radius 1 is 1.21 bits per heavy atom. The number of carbonyl (C=O) groups excluding carboxylic acids is 2. The monoisotopic (exact) mass is 223 g/mol. The van der Waals surface area contributed by atoms with E-state index in [0.29, 0.717) is 19.7 Å². The first kappa shape index (κ1) is 15.8. The van der Waals surface area contributed by atoms with Gasteiger partial charge in [0.05, 0.1) is 19.7 Å². The molecule has 0 fully saturated rings. The van der Waals surface area contributed by atoms with Crippen LogP contribution in [0.25, 0.3) is 0 Å². The number of nitrogens with zero attached hydrogens (tertiary/aromatic N) is 1. The van der Waals surface area contributed by atoms with E-state index in [1.165, 1.54) is 6.92 Å². The fraction of sp³-hybridized carbons (Fsp3) is 0.778. The molecule has 0 N–H and O–H groups in total. The minimum Gasteiger partial charge on any atom is -0.465 e. The molecular weight excluding hydrogens is 206 g/mol. The first-order chi connectivity index (χ1) is 6.10. The molecule has 0 saturated heterocycles. The van der Waals surface area contributed by atoms with Crippen molar-refractivity contribution in [1.82, 2.24) is 4.90 Å². The van der Waals surface area contributed by atoms with Crippen molar-refractivity contribution in [3.8, 4) is 0 Å². The number of carbonyl (C=O) groups is 2. The van der Waals surface area contributed by atoms with Crippen molar-refractivity contribution in [2.75, 3.05) is 26.2 Å². The second kappa shape index (κ2) is 8.97. The van der Waals surface area contributed by atoms with Gasteiger partial charge in [-0.3, -0.25) is 14.5 Å². The standard InChI is InChI=1S/C9H17NO3.ClH/c1-4-10(6-8(3)11)7-9(12)13-5-2;/h4-7H2,1-3H3;1H. The third kappa shape index (κ3) is 8.01. The zero-order chi connectivity index (χ0) is 10.3. The third-order valence-corrected chi connectivity index (χ3v) is 1.55. The molecule has 0 spiro atoms. The molecule has 0 radical (unpaired) electrons. The molecule has 0 rings (SSSR count). The van der Waals surface area contributed by atoms with Crippen molar-refractivity contribution in [3.05, 3.63) is 0 Å². The van der Waals surface area contributed by atoms with Gasteiger partial charge in [-0.2, -0.15) is 0 Å². The first-order valence-electron chi connectivity index (χ1n) is 4.47. The molecule has 14 heavy (non-hydrogen) atoms. The average Bonchev–Trinajstić information content (AvgIpc) is 2.02. The van der Waals surface area contributed by atoms with Crippen LogP contribution in [0.5, 0.6) is 0 Å². The van der Waals surface area contributed by atoms with Crippen LogP contribution in [0, 0.1) is 0 Å². The Balaban J connectivity index is 0. The summed E-state index contributed by atoms with van der Waals surface area (Å²) in [5.74, 6) is -0.211. The third-order valence-electron chi connectivity index (χ3n) is 1.55. The van der Waals surface area contributed by atoms with Crippen LogP contribution < -0.4 is 0 Å². The van der Waals surface area contributed by atoms with Gasteiger partial charge in [0.1, 0.15) is 5.78 Å². The number of ketones is 1. The van der Waals surface area contributed by atoms with E-state index in [4.69, 9.17) is 4.74 Å². The van der Waals surface area contributed by atoms with Gasteiger partial charge in [0.2, 0.25) is 0 Å². The van der Waals surface area contributed by atoms with Crippen molar-refractivity contribution < 1.29 is 14.3 Å². The van der Waals surface area contributed by atoms with Crippen molar-refractivity contribution in [2.24, 2.45) is 0 Å². The SMILES string of the molecule is CCOC(=O)CN(CC)CC(C)=O.Cl. The maximum absolute atomic E-state index is 11.0. The molecule has 0 amide bonds. The fourth-order valence-corrected chi connectivity index (χ4v) is 0.984. The van der Waals surface area contributed by atoms with Gasteiger partial charge in [-0.1, -0.05) is 6.92 Å². The highest BCUT2D eigenvalue weighted by molar-refractivity contribution is 5.85. The van der Waals surface area contributed by atoms with E-state index in [0.717, 1.165) is 0 Å². The van der Waals surface area contributed by atoms with Gasteiger partial charge in [-0.25, -0.2) is 0 Å². The summed E-state index contributed by atoms with van der Waals surface area (Å²) in [5.41, 5.74) is 0. The molecule has 0 bridgehead atoms. The number of Topliss-reactive ketones (excluding diaryl/α,β-unsaturated/α-hetero) is 1. The molecule has 0 atom stereocenters. The Morgan fingerprint density at radius 3 is 2.14 bits per heavy atom.